The highest BCUT2D eigenvalue weighted by molar-refractivity contribution is 8.01. The minimum atomic E-state index is -0.391. The molecule has 0 saturated heterocycles. The molecule has 0 spiro atoms. The van der Waals surface area contributed by atoms with Gasteiger partial charge in [0.25, 0.3) is 0 Å². The van der Waals surface area contributed by atoms with Gasteiger partial charge in [-0.15, -0.1) is 21.5 Å². The maximum absolute atomic E-state index is 12.6. The van der Waals surface area contributed by atoms with E-state index in [2.05, 4.69) is 20.5 Å². The van der Waals surface area contributed by atoms with Gasteiger partial charge in [0, 0.05) is 11.6 Å². The molecule has 1 atom stereocenters. The molecule has 2 heterocycles. The molecule has 0 bridgehead atoms. The lowest BCUT2D eigenvalue weighted by Gasteiger charge is -2.14. The van der Waals surface area contributed by atoms with Crippen molar-refractivity contribution in [1.82, 2.24) is 15.2 Å². The number of hydrogen-bond donors (Lipinski definition) is 1. The third-order valence-electron chi connectivity index (χ3n) is 2.73. The molecule has 0 aliphatic rings. The van der Waals surface area contributed by atoms with Crippen LogP contribution in [0.4, 0.5) is 5.13 Å². The standard InChI is InChI=1S/C14H12N4OS3/c1-9-17-18-14(21-9)22-11(10-5-3-2-4-6-10)12(19)16-13-15-7-8-20-13/h2-8,11H,1H3,(H,15,16,19). The average Bonchev–Trinajstić information content (AvgIpc) is 3.17. The Morgan fingerprint density at radius 3 is 2.73 bits per heavy atom. The third kappa shape index (κ3) is 3.70. The van der Waals surface area contributed by atoms with Gasteiger partial charge in [0.2, 0.25) is 5.91 Å². The first kappa shape index (κ1) is 15.1. The van der Waals surface area contributed by atoms with Crippen LogP contribution >= 0.6 is 34.4 Å². The molecule has 1 N–H and O–H groups in total. The Morgan fingerprint density at radius 1 is 1.27 bits per heavy atom. The fraction of sp³-hybridized carbons (Fsp3) is 0.143. The van der Waals surface area contributed by atoms with E-state index < -0.39 is 5.25 Å². The molecule has 1 amide bonds. The minimum Gasteiger partial charge on any atom is -0.301 e. The Labute approximate surface area is 139 Å². The van der Waals surface area contributed by atoms with Crippen LogP contribution in [0.15, 0.2) is 46.2 Å². The van der Waals surface area contributed by atoms with Gasteiger partial charge < -0.3 is 5.32 Å². The molecule has 2 aromatic heterocycles. The lowest BCUT2D eigenvalue weighted by atomic mass is 10.1. The van der Waals surface area contributed by atoms with Crippen LogP contribution in [0, 0.1) is 6.92 Å². The Hall–Kier alpha value is -1.77. The van der Waals surface area contributed by atoms with Crippen molar-refractivity contribution < 1.29 is 4.79 Å². The first-order valence-corrected chi connectivity index (χ1v) is 9.02. The SMILES string of the molecule is Cc1nnc(SC(C(=O)Nc2nccs2)c2ccccc2)s1. The summed E-state index contributed by atoms with van der Waals surface area (Å²) < 4.78 is 0.778. The fourth-order valence-electron chi connectivity index (χ4n) is 1.78. The van der Waals surface area contributed by atoms with Gasteiger partial charge in [-0.1, -0.05) is 53.4 Å². The van der Waals surface area contributed by atoms with E-state index >= 15 is 0 Å². The van der Waals surface area contributed by atoms with E-state index in [4.69, 9.17) is 0 Å². The number of aryl methyl sites for hydroxylation is 1. The molecule has 1 unspecified atom stereocenters. The average molecular weight is 348 g/mol. The van der Waals surface area contributed by atoms with E-state index in [1.807, 2.05) is 42.6 Å². The molecule has 0 fully saturated rings. The Bertz CT molecular complexity index is 743. The molecule has 0 radical (unpaired) electrons. The highest BCUT2D eigenvalue weighted by Gasteiger charge is 2.24. The summed E-state index contributed by atoms with van der Waals surface area (Å²) >= 11 is 4.28. The lowest BCUT2D eigenvalue weighted by Crippen LogP contribution is -2.18. The molecule has 5 nitrogen and oxygen atoms in total. The number of aromatic nitrogens is 3. The van der Waals surface area contributed by atoms with E-state index in [0.717, 1.165) is 14.9 Å². The number of amides is 1. The third-order valence-corrected chi connectivity index (χ3v) is 5.59. The predicted octanol–water partition coefficient (Wildman–Crippen LogP) is 3.78. The molecule has 22 heavy (non-hydrogen) atoms. The summed E-state index contributed by atoms with van der Waals surface area (Å²) in [5.74, 6) is -0.112. The number of thioether (sulfide) groups is 1. The molecular formula is C14H12N4OS3. The highest BCUT2D eigenvalue weighted by atomic mass is 32.2. The molecule has 1 aromatic carbocycles. The van der Waals surface area contributed by atoms with E-state index in [9.17, 15) is 4.79 Å². The smallest absolute Gasteiger partial charge is 0.244 e. The number of nitrogens with zero attached hydrogens (tertiary/aromatic N) is 3. The second-order valence-electron chi connectivity index (χ2n) is 4.32. The zero-order chi connectivity index (χ0) is 15.4. The molecule has 3 aromatic rings. The van der Waals surface area contributed by atoms with Crippen molar-refractivity contribution in [3.63, 3.8) is 0 Å². The van der Waals surface area contributed by atoms with E-state index in [1.165, 1.54) is 34.4 Å². The molecule has 3 rings (SSSR count). The van der Waals surface area contributed by atoms with Crippen LogP contribution in [0.3, 0.4) is 0 Å². The Kier molecular flexibility index (Phi) is 4.81. The van der Waals surface area contributed by atoms with Gasteiger partial charge in [0.05, 0.1) is 0 Å². The quantitative estimate of drug-likeness (QED) is 0.711. The van der Waals surface area contributed by atoms with Crippen LogP contribution in [0.1, 0.15) is 15.8 Å². The summed E-state index contributed by atoms with van der Waals surface area (Å²) in [6, 6.07) is 9.65. The van der Waals surface area contributed by atoms with Crippen molar-refractivity contribution in [1.29, 1.82) is 0 Å². The van der Waals surface area contributed by atoms with Crippen molar-refractivity contribution in [2.24, 2.45) is 0 Å². The van der Waals surface area contributed by atoms with E-state index in [0.29, 0.717) is 5.13 Å². The molecule has 0 aliphatic carbocycles. The second kappa shape index (κ2) is 6.99. The van der Waals surface area contributed by atoms with Gasteiger partial charge >= 0.3 is 0 Å². The number of hydrogen-bond acceptors (Lipinski definition) is 7. The van der Waals surface area contributed by atoms with Crippen LogP contribution in [-0.4, -0.2) is 21.1 Å². The normalized spacial score (nSPS) is 12.0. The van der Waals surface area contributed by atoms with Gasteiger partial charge in [0.15, 0.2) is 9.47 Å². The molecule has 0 saturated carbocycles. The first-order valence-electron chi connectivity index (χ1n) is 6.44. The number of carbonyl (C=O) groups excluding carboxylic acids is 1. The van der Waals surface area contributed by atoms with Gasteiger partial charge in [-0.2, -0.15) is 0 Å². The topological polar surface area (TPSA) is 67.8 Å². The molecular weight excluding hydrogens is 336 g/mol. The van der Waals surface area contributed by atoms with Crippen LogP contribution in [0.25, 0.3) is 0 Å². The van der Waals surface area contributed by atoms with Crippen LogP contribution in [0.5, 0.6) is 0 Å². The van der Waals surface area contributed by atoms with Crippen LogP contribution in [-0.2, 0) is 4.79 Å². The van der Waals surface area contributed by atoms with Crippen molar-refractivity contribution in [2.75, 3.05) is 5.32 Å². The maximum Gasteiger partial charge on any atom is 0.244 e. The van der Waals surface area contributed by atoms with Crippen molar-refractivity contribution in [3.05, 3.63) is 52.5 Å². The van der Waals surface area contributed by atoms with Crippen LogP contribution in [0.2, 0.25) is 0 Å². The lowest BCUT2D eigenvalue weighted by molar-refractivity contribution is -0.115. The van der Waals surface area contributed by atoms with Gasteiger partial charge in [0.1, 0.15) is 10.3 Å². The molecule has 112 valence electrons. The number of anilines is 1. The Balaban J connectivity index is 1.83. The number of carbonyl (C=O) groups is 1. The first-order chi connectivity index (χ1) is 10.7. The minimum absolute atomic E-state index is 0.112. The summed E-state index contributed by atoms with van der Waals surface area (Å²) in [5, 5.41) is 13.9. The maximum atomic E-state index is 12.6. The zero-order valence-corrected chi connectivity index (χ0v) is 14.0. The zero-order valence-electron chi connectivity index (χ0n) is 11.6. The van der Waals surface area contributed by atoms with E-state index in [-0.39, 0.29) is 5.91 Å². The number of benzene rings is 1. The summed E-state index contributed by atoms with van der Waals surface area (Å²) in [6.45, 7) is 1.90. The van der Waals surface area contributed by atoms with Gasteiger partial charge in [-0.3, -0.25) is 4.79 Å². The summed E-state index contributed by atoms with van der Waals surface area (Å²) in [5.41, 5.74) is 0.925. The van der Waals surface area contributed by atoms with Crippen molar-refractivity contribution in [2.45, 2.75) is 16.5 Å². The second-order valence-corrected chi connectivity index (χ2v) is 7.75. The highest BCUT2D eigenvalue weighted by Crippen LogP contribution is 2.37. The van der Waals surface area contributed by atoms with Crippen LogP contribution < -0.4 is 5.32 Å². The van der Waals surface area contributed by atoms with Crippen molar-refractivity contribution >= 4 is 45.5 Å². The molecule has 8 heteroatoms. The van der Waals surface area contributed by atoms with Crippen molar-refractivity contribution in [3.8, 4) is 0 Å². The number of nitrogens with one attached hydrogen (secondary N) is 1. The van der Waals surface area contributed by atoms with Gasteiger partial charge in [-0.25, -0.2) is 4.98 Å². The summed E-state index contributed by atoms with van der Waals surface area (Å²) in [4.78, 5) is 16.7. The summed E-state index contributed by atoms with van der Waals surface area (Å²) in [7, 11) is 0. The Morgan fingerprint density at radius 2 is 2.09 bits per heavy atom. The molecule has 0 aliphatic heterocycles. The monoisotopic (exact) mass is 348 g/mol. The van der Waals surface area contributed by atoms with Gasteiger partial charge in [-0.05, 0) is 12.5 Å². The number of rotatable bonds is 5. The largest absolute Gasteiger partial charge is 0.301 e. The number of thiazole rings is 1. The van der Waals surface area contributed by atoms with E-state index in [1.54, 1.807) is 6.20 Å². The summed E-state index contributed by atoms with van der Waals surface area (Å²) in [6.07, 6.45) is 1.67. The predicted molar refractivity (Wildman–Crippen MR) is 90.4 cm³/mol. The fourth-order valence-corrected chi connectivity index (χ4v) is 4.32.